The molecule has 2 aromatic rings. The number of amides is 4. The summed E-state index contributed by atoms with van der Waals surface area (Å²) in [6.07, 6.45) is 0. The summed E-state index contributed by atoms with van der Waals surface area (Å²) in [6, 6.07) is 9.16. The molecule has 0 heterocycles. The molecule has 0 spiro atoms. The van der Waals surface area contributed by atoms with Gasteiger partial charge in [0.1, 0.15) is 0 Å². The van der Waals surface area contributed by atoms with E-state index in [1.54, 1.807) is 0 Å². The highest BCUT2D eigenvalue weighted by Crippen LogP contribution is 2.37. The van der Waals surface area contributed by atoms with Gasteiger partial charge in [-0.25, -0.2) is 0 Å². The zero-order chi connectivity index (χ0) is 22.7. The molecule has 0 aliphatic rings. The van der Waals surface area contributed by atoms with E-state index in [2.05, 4.69) is 0 Å². The van der Waals surface area contributed by atoms with Crippen LogP contribution in [0, 0.1) is 0 Å². The Morgan fingerprint density at radius 1 is 0.633 bits per heavy atom. The fraction of sp³-hybridized carbons (Fsp3) is 0.111. The standard InChI is InChI=1S/C18H14F4N4O4/c19-17(20,15(29)25-11-7-3-1-5-9(11)13(23)27)18(21,22)16(30)26-12-8-4-2-6-10(12)14(24)28/h1-8H,(H2,23,27)(H2,24,28)(H,25,29)(H,26,30). The highest BCUT2D eigenvalue weighted by atomic mass is 19.3. The van der Waals surface area contributed by atoms with Crippen LogP contribution < -0.4 is 22.1 Å². The third kappa shape index (κ3) is 4.21. The van der Waals surface area contributed by atoms with Crippen molar-refractivity contribution in [3.8, 4) is 0 Å². The number of hydrogen-bond acceptors (Lipinski definition) is 4. The number of carbonyl (C=O) groups is 4. The number of rotatable bonds is 7. The van der Waals surface area contributed by atoms with Crippen LogP contribution in [0.15, 0.2) is 48.5 Å². The summed E-state index contributed by atoms with van der Waals surface area (Å²) in [5.41, 5.74) is 8.13. The quantitative estimate of drug-likeness (QED) is 0.500. The minimum absolute atomic E-state index is 0.412. The molecule has 0 atom stereocenters. The van der Waals surface area contributed by atoms with Crippen LogP contribution in [0.2, 0.25) is 0 Å². The Kier molecular flexibility index (Phi) is 6.09. The third-order valence-corrected chi connectivity index (χ3v) is 3.85. The molecule has 0 aliphatic carbocycles. The van der Waals surface area contributed by atoms with Crippen molar-refractivity contribution >= 4 is 35.0 Å². The SMILES string of the molecule is NC(=O)c1ccccc1NC(=O)C(F)(F)C(F)(F)C(=O)Nc1ccccc1C(N)=O. The summed E-state index contributed by atoms with van der Waals surface area (Å²) >= 11 is 0. The predicted octanol–water partition coefficient (Wildman–Crippen LogP) is 1.73. The Bertz CT molecular complexity index is 945. The summed E-state index contributed by atoms with van der Waals surface area (Å²) < 4.78 is 56.8. The van der Waals surface area contributed by atoms with Gasteiger partial charge in [-0.05, 0) is 24.3 Å². The lowest BCUT2D eigenvalue weighted by molar-refractivity contribution is -0.204. The molecule has 0 fully saturated rings. The summed E-state index contributed by atoms with van der Waals surface area (Å²) in [5, 5.41) is 2.93. The van der Waals surface area contributed by atoms with Crippen molar-refractivity contribution in [2.75, 3.05) is 10.6 Å². The second-order valence-electron chi connectivity index (χ2n) is 5.88. The van der Waals surface area contributed by atoms with E-state index in [4.69, 9.17) is 11.5 Å². The lowest BCUT2D eigenvalue weighted by atomic mass is 10.1. The van der Waals surface area contributed by atoms with Gasteiger partial charge in [0.25, 0.3) is 11.8 Å². The van der Waals surface area contributed by atoms with Crippen molar-refractivity contribution < 1.29 is 36.7 Å². The van der Waals surface area contributed by atoms with Crippen molar-refractivity contribution in [2.24, 2.45) is 11.5 Å². The minimum atomic E-state index is -5.54. The van der Waals surface area contributed by atoms with E-state index in [1.165, 1.54) is 34.9 Å². The van der Waals surface area contributed by atoms with Gasteiger partial charge in [0.15, 0.2) is 0 Å². The molecule has 30 heavy (non-hydrogen) atoms. The molecule has 12 heteroatoms. The van der Waals surface area contributed by atoms with Gasteiger partial charge in [0.2, 0.25) is 0 Å². The Labute approximate surface area is 166 Å². The van der Waals surface area contributed by atoms with Crippen LogP contribution in [0.25, 0.3) is 0 Å². The van der Waals surface area contributed by atoms with Crippen molar-refractivity contribution in [1.29, 1.82) is 0 Å². The minimum Gasteiger partial charge on any atom is -0.366 e. The number of carbonyl (C=O) groups excluding carboxylic acids is 4. The van der Waals surface area contributed by atoms with Crippen molar-refractivity contribution in [3.63, 3.8) is 0 Å². The van der Waals surface area contributed by atoms with Gasteiger partial charge in [0.05, 0.1) is 22.5 Å². The first-order valence-corrected chi connectivity index (χ1v) is 8.05. The van der Waals surface area contributed by atoms with Crippen LogP contribution in [0.3, 0.4) is 0 Å². The lowest BCUT2D eigenvalue weighted by Gasteiger charge is -2.25. The van der Waals surface area contributed by atoms with E-state index in [-0.39, 0.29) is 0 Å². The molecule has 2 rings (SSSR count). The molecule has 0 saturated heterocycles. The van der Waals surface area contributed by atoms with Crippen molar-refractivity contribution in [3.05, 3.63) is 59.7 Å². The fourth-order valence-corrected chi connectivity index (χ4v) is 2.30. The van der Waals surface area contributed by atoms with Crippen LogP contribution in [-0.4, -0.2) is 35.5 Å². The average molecular weight is 426 g/mol. The van der Waals surface area contributed by atoms with E-state index < -0.39 is 58.0 Å². The monoisotopic (exact) mass is 426 g/mol. The number of nitrogens with two attached hydrogens (primary N) is 2. The van der Waals surface area contributed by atoms with Gasteiger partial charge in [-0.1, -0.05) is 24.3 Å². The number of alkyl halides is 4. The van der Waals surface area contributed by atoms with Gasteiger partial charge in [-0.3, -0.25) is 19.2 Å². The molecular weight excluding hydrogens is 412 g/mol. The number of anilines is 2. The normalized spacial score (nSPS) is 11.5. The van der Waals surface area contributed by atoms with E-state index >= 15 is 0 Å². The second kappa shape index (κ2) is 8.19. The smallest absolute Gasteiger partial charge is 0.366 e. The molecule has 8 nitrogen and oxygen atoms in total. The Morgan fingerprint density at radius 2 is 0.933 bits per heavy atom. The van der Waals surface area contributed by atoms with Crippen LogP contribution in [0.5, 0.6) is 0 Å². The number of nitrogens with one attached hydrogen (secondary N) is 2. The number of primary amides is 2. The van der Waals surface area contributed by atoms with Gasteiger partial charge in [-0.2, -0.15) is 17.6 Å². The largest absolute Gasteiger partial charge is 0.396 e. The van der Waals surface area contributed by atoms with Gasteiger partial charge in [0, 0.05) is 0 Å². The average Bonchev–Trinajstić information content (AvgIpc) is 2.68. The van der Waals surface area contributed by atoms with Crippen LogP contribution in [-0.2, 0) is 9.59 Å². The number of benzene rings is 2. The van der Waals surface area contributed by atoms with E-state index in [0.29, 0.717) is 0 Å². The van der Waals surface area contributed by atoms with E-state index in [1.807, 2.05) is 0 Å². The molecule has 4 amide bonds. The number of halogens is 4. The summed E-state index contributed by atoms with van der Waals surface area (Å²) in [5.74, 6) is -18.4. The molecule has 2 aromatic carbocycles. The summed E-state index contributed by atoms with van der Waals surface area (Å²) in [6.45, 7) is 0. The topological polar surface area (TPSA) is 144 Å². The zero-order valence-corrected chi connectivity index (χ0v) is 14.9. The first-order chi connectivity index (χ1) is 13.9. The van der Waals surface area contributed by atoms with Gasteiger partial charge < -0.3 is 22.1 Å². The molecular formula is C18H14F4N4O4. The molecule has 0 bridgehead atoms. The molecule has 158 valence electrons. The summed E-state index contributed by atoms with van der Waals surface area (Å²) in [7, 11) is 0. The van der Waals surface area contributed by atoms with Crippen molar-refractivity contribution in [1.82, 2.24) is 0 Å². The highest BCUT2D eigenvalue weighted by molar-refractivity contribution is 6.10. The molecule has 0 aliphatic heterocycles. The number of para-hydroxylation sites is 2. The van der Waals surface area contributed by atoms with Crippen molar-refractivity contribution in [2.45, 2.75) is 11.8 Å². The lowest BCUT2D eigenvalue weighted by Crippen LogP contribution is -2.56. The molecule has 0 radical (unpaired) electrons. The first kappa shape index (κ1) is 22.3. The second-order valence-corrected chi connectivity index (χ2v) is 5.88. The van der Waals surface area contributed by atoms with Crippen LogP contribution in [0.4, 0.5) is 28.9 Å². The first-order valence-electron chi connectivity index (χ1n) is 8.05. The summed E-state index contributed by atoms with van der Waals surface area (Å²) in [4.78, 5) is 46.2. The van der Waals surface area contributed by atoms with Gasteiger partial charge in [-0.15, -0.1) is 0 Å². The maximum absolute atomic E-state index is 14.2. The van der Waals surface area contributed by atoms with E-state index in [9.17, 15) is 36.7 Å². The third-order valence-electron chi connectivity index (χ3n) is 3.85. The zero-order valence-electron chi connectivity index (χ0n) is 14.9. The van der Waals surface area contributed by atoms with Crippen LogP contribution in [0.1, 0.15) is 20.7 Å². The predicted molar refractivity (Wildman–Crippen MR) is 97.1 cm³/mol. The Balaban J connectivity index is 2.29. The molecule has 0 saturated carbocycles. The van der Waals surface area contributed by atoms with Gasteiger partial charge >= 0.3 is 23.7 Å². The highest BCUT2D eigenvalue weighted by Gasteiger charge is 2.67. The molecule has 6 N–H and O–H groups in total. The maximum Gasteiger partial charge on any atom is 0.396 e. The molecule has 0 unspecified atom stereocenters. The Morgan fingerprint density at radius 3 is 1.23 bits per heavy atom. The maximum atomic E-state index is 14.2. The van der Waals surface area contributed by atoms with E-state index in [0.717, 1.165) is 24.3 Å². The molecule has 0 aromatic heterocycles. The Hall–Kier alpha value is -3.96. The number of hydrogen-bond donors (Lipinski definition) is 4. The van der Waals surface area contributed by atoms with Crippen LogP contribution >= 0.6 is 0 Å². The fourth-order valence-electron chi connectivity index (χ4n) is 2.30.